The van der Waals surface area contributed by atoms with Crippen molar-refractivity contribution in [2.45, 2.75) is 308 Å². The Labute approximate surface area is 566 Å². The molecule has 0 aromatic rings. The second-order valence-corrected chi connectivity index (χ2v) is 34.7. The van der Waals surface area contributed by atoms with Crippen molar-refractivity contribution < 1.29 is 42.8 Å². The maximum atomic E-state index is 12.9. The van der Waals surface area contributed by atoms with Crippen LogP contribution in [0.2, 0.25) is 0 Å². The minimum atomic E-state index is -1.40. The van der Waals surface area contributed by atoms with E-state index in [1.54, 1.807) is 0 Å². The van der Waals surface area contributed by atoms with Gasteiger partial charge in [-0.3, -0.25) is 9.59 Å². The Kier molecular flexibility index (Phi) is 29.0. The Morgan fingerprint density at radius 3 is 1.44 bits per heavy atom. The van der Waals surface area contributed by atoms with E-state index in [0.29, 0.717) is 36.7 Å². The van der Waals surface area contributed by atoms with Gasteiger partial charge in [0.05, 0.1) is 44.4 Å². The molecular formula is C77H133N6O9P. The van der Waals surface area contributed by atoms with E-state index in [1.807, 2.05) is 13.8 Å². The number of nitrogens with zero attached hydrogens (tertiary/aromatic N) is 2. The topological polar surface area (TPSA) is 201 Å². The van der Waals surface area contributed by atoms with Gasteiger partial charge < -0.3 is 44.9 Å². The Morgan fingerprint density at radius 1 is 0.602 bits per heavy atom. The fraction of sp³-hybridized carbons (Fsp3) is 0.883. The van der Waals surface area contributed by atoms with E-state index in [4.69, 9.17) is 23.8 Å². The standard InChI is InChI=1S/C43H75N4O5P.C34H58N2O4/c1-11-34(28-51-53(50-25-13-24-44)47(30(4)5)31(6)7)46-40(48)27-45-41(49)52-35-20-22-42(9)33(26-35)16-17-36-38-19-18-37(32(8)15-12-14-29(2)3)43(38,10)23-21-39(36)42;1-7-25(21-37)36-31(38)20-35-32(39)40-26-15-17-33(5)24(19-26)11-12-27-29-14-13-28(23(4)10-8-9-22(2)3)34(29,6)18-16-30(27)33/h16,29-32,34-39H,11-15,17-23,25-28H2,1-10H3,(H,45,49)(H,46,48);11,22-23,25-30,37H,7-10,12-21H2,1-6H3,(H,35,39)(H,36,38)/t32-,34?,35+,36?,37-,38?,39?,42+,43-,53?;23-,25?,26+,27?,28-,29?,30?,33+,34-/m11/s1. The minimum absolute atomic E-state index is 0.109. The number of aliphatic hydroxyl groups is 1. The van der Waals surface area contributed by atoms with Gasteiger partial charge in [-0.25, -0.2) is 14.3 Å². The maximum absolute atomic E-state index is 12.9. The predicted octanol–water partition coefficient (Wildman–Crippen LogP) is 17.3. The fourth-order valence-corrected chi connectivity index (χ4v) is 22.4. The molecule has 530 valence electrons. The fourth-order valence-electron chi connectivity index (χ4n) is 20.8. The number of alkyl carbamates (subject to hydrolysis) is 2. The summed E-state index contributed by atoms with van der Waals surface area (Å²) >= 11 is 0. The number of rotatable bonds is 30. The maximum Gasteiger partial charge on any atom is 0.407 e. The van der Waals surface area contributed by atoms with Crippen molar-refractivity contribution in [1.82, 2.24) is 25.9 Å². The summed E-state index contributed by atoms with van der Waals surface area (Å²) in [7, 11) is -1.40. The molecule has 16 heteroatoms. The Bertz CT molecular complexity index is 2510. The van der Waals surface area contributed by atoms with Gasteiger partial charge in [0.2, 0.25) is 11.8 Å². The third-order valence-corrected chi connectivity index (χ3v) is 27.9. The van der Waals surface area contributed by atoms with Crippen molar-refractivity contribution in [3.05, 3.63) is 23.3 Å². The average molecular weight is 1320 g/mol. The van der Waals surface area contributed by atoms with Crippen LogP contribution in [0, 0.1) is 104 Å². The molecule has 0 heterocycles. The smallest absolute Gasteiger partial charge is 0.407 e. The van der Waals surface area contributed by atoms with Crippen molar-refractivity contribution in [1.29, 1.82) is 5.26 Å². The van der Waals surface area contributed by atoms with Crippen LogP contribution in [0.25, 0.3) is 0 Å². The molecule has 6 fully saturated rings. The third kappa shape index (κ3) is 19.1. The predicted molar refractivity (Wildman–Crippen MR) is 375 cm³/mol. The number of allylic oxidation sites excluding steroid dienone is 2. The SMILES string of the molecule is CCC(CO)NC(=O)CNC(=O)O[C@H]1CC[C@@]2(C)C(=CCC3C2CC[C@@]2(C)C3CC[C@@H]2[C@H](C)CCCC(C)C)C1.CCC(COP(OCCC#N)N(C(C)C)C(C)C)NC(=O)CNC(=O)O[C@H]1CC[C@@]2(C)C(=CCC3C2CC[C@@]2(C)C3CC[C@@H]2[C@H](C)CCCC(C)C)C1. The first-order chi connectivity index (χ1) is 44.1. The number of fused-ring (bicyclic) bond motifs is 10. The van der Waals surface area contributed by atoms with Crippen LogP contribution in [-0.4, -0.2) is 103 Å². The highest BCUT2D eigenvalue weighted by atomic mass is 31.2. The molecule has 4 amide bonds. The number of carbonyl (C=O) groups excluding carboxylic acids is 4. The largest absolute Gasteiger partial charge is 0.446 e. The molecule has 93 heavy (non-hydrogen) atoms. The Hall–Kier alpha value is -3.28. The van der Waals surface area contributed by atoms with Crippen LogP contribution in [0.15, 0.2) is 23.3 Å². The van der Waals surface area contributed by atoms with E-state index < -0.39 is 20.7 Å². The molecule has 6 saturated carbocycles. The van der Waals surface area contributed by atoms with Gasteiger partial charge in [0.25, 0.3) is 8.53 Å². The van der Waals surface area contributed by atoms with Crippen LogP contribution in [0.1, 0.15) is 271 Å². The van der Waals surface area contributed by atoms with Gasteiger partial charge in [0.1, 0.15) is 25.3 Å². The molecule has 5 N–H and O–H groups in total. The van der Waals surface area contributed by atoms with Gasteiger partial charge in [-0.15, -0.1) is 0 Å². The Morgan fingerprint density at radius 2 is 1.04 bits per heavy atom. The third-order valence-electron chi connectivity index (χ3n) is 25.8. The molecule has 0 radical (unpaired) electrons. The van der Waals surface area contributed by atoms with Crippen LogP contribution < -0.4 is 21.3 Å². The lowest BCUT2D eigenvalue weighted by Crippen LogP contribution is -2.51. The number of aliphatic hydroxyl groups excluding tert-OH is 1. The van der Waals surface area contributed by atoms with Gasteiger partial charge in [0, 0.05) is 24.9 Å². The monoisotopic (exact) mass is 1320 g/mol. The second kappa shape index (κ2) is 35.0. The van der Waals surface area contributed by atoms with Crippen LogP contribution in [0.5, 0.6) is 0 Å². The number of ether oxygens (including phenoxy) is 2. The van der Waals surface area contributed by atoms with Gasteiger partial charge in [-0.05, 0) is 223 Å². The van der Waals surface area contributed by atoms with Crippen molar-refractivity contribution in [2.24, 2.45) is 92.7 Å². The van der Waals surface area contributed by atoms with Crippen molar-refractivity contribution >= 4 is 32.5 Å². The lowest BCUT2D eigenvalue weighted by atomic mass is 9.47. The number of hydrogen-bond acceptors (Lipinski definition) is 11. The van der Waals surface area contributed by atoms with E-state index in [9.17, 15) is 24.3 Å². The minimum Gasteiger partial charge on any atom is -0.446 e. The van der Waals surface area contributed by atoms with Crippen LogP contribution >= 0.6 is 8.53 Å². The molecule has 0 aliphatic heterocycles. The number of nitrogens with one attached hydrogen (secondary N) is 4. The molecule has 0 aromatic carbocycles. The van der Waals surface area contributed by atoms with Crippen LogP contribution in [0.3, 0.4) is 0 Å². The number of amides is 4. The summed E-state index contributed by atoms with van der Waals surface area (Å²) < 4.78 is 26.1. The lowest BCUT2D eigenvalue weighted by Gasteiger charge is -2.58. The summed E-state index contributed by atoms with van der Waals surface area (Å²) in [6.45, 7) is 37.3. The van der Waals surface area contributed by atoms with Crippen molar-refractivity contribution in [3.63, 3.8) is 0 Å². The summed E-state index contributed by atoms with van der Waals surface area (Å²) in [5.74, 6) is 9.16. The molecule has 8 aliphatic rings. The highest BCUT2D eigenvalue weighted by molar-refractivity contribution is 7.44. The number of hydrogen-bond donors (Lipinski definition) is 5. The van der Waals surface area contributed by atoms with E-state index in [1.165, 1.54) is 114 Å². The summed E-state index contributed by atoms with van der Waals surface area (Å²) in [5, 5.41) is 29.2. The molecule has 15 nitrogen and oxygen atoms in total. The van der Waals surface area contributed by atoms with Gasteiger partial charge in [-0.1, -0.05) is 145 Å². The summed E-state index contributed by atoms with van der Waals surface area (Å²) in [5.41, 5.74) is 4.40. The molecule has 8 aliphatic carbocycles. The van der Waals surface area contributed by atoms with Crippen molar-refractivity contribution in [3.8, 4) is 6.07 Å². The summed E-state index contributed by atoms with van der Waals surface area (Å²) in [6.07, 6.45) is 32.5. The van der Waals surface area contributed by atoms with E-state index in [0.717, 1.165) is 110 Å². The van der Waals surface area contributed by atoms with Gasteiger partial charge >= 0.3 is 12.2 Å². The molecule has 0 saturated heterocycles. The zero-order chi connectivity index (χ0) is 68.0. The molecule has 0 aromatic heterocycles. The van der Waals surface area contributed by atoms with Crippen LogP contribution in [0.4, 0.5) is 9.59 Å². The van der Waals surface area contributed by atoms with Crippen LogP contribution in [-0.2, 0) is 28.1 Å². The first-order valence-corrected chi connectivity index (χ1v) is 39.0. The van der Waals surface area contributed by atoms with Gasteiger partial charge in [0.15, 0.2) is 0 Å². The summed E-state index contributed by atoms with van der Waals surface area (Å²) in [4.78, 5) is 50.3. The highest BCUT2D eigenvalue weighted by Crippen LogP contribution is 2.69. The molecular weight excluding hydrogens is 1180 g/mol. The quantitative estimate of drug-likeness (QED) is 0.0260. The summed E-state index contributed by atoms with van der Waals surface area (Å²) in [6, 6.07) is 1.98. The number of nitriles is 1. The molecule has 0 spiro atoms. The first kappa shape index (κ1) is 77.1. The lowest BCUT2D eigenvalue weighted by molar-refractivity contribution is -0.122. The molecule has 9 unspecified atom stereocenters. The zero-order valence-electron chi connectivity index (χ0n) is 61.3. The van der Waals surface area contributed by atoms with E-state index in [-0.39, 0.29) is 85.3 Å². The first-order valence-electron chi connectivity index (χ1n) is 37.8. The van der Waals surface area contributed by atoms with E-state index >= 15 is 0 Å². The zero-order valence-corrected chi connectivity index (χ0v) is 62.2. The van der Waals surface area contributed by atoms with E-state index in [2.05, 4.69) is 141 Å². The molecule has 8 rings (SSSR count). The normalized spacial score (nSPS) is 33.5. The molecule has 0 bridgehead atoms. The second-order valence-electron chi connectivity index (χ2n) is 33.2. The number of carbonyl (C=O) groups is 4. The highest BCUT2D eigenvalue weighted by Gasteiger charge is 2.61. The van der Waals surface area contributed by atoms with Crippen molar-refractivity contribution in [2.75, 3.05) is 32.9 Å². The average Bonchev–Trinajstić information content (AvgIpc) is 1.71. The Balaban J connectivity index is 0.000000274. The molecule has 19 atom stereocenters. The van der Waals surface area contributed by atoms with Gasteiger partial charge in [-0.2, -0.15) is 5.26 Å².